The van der Waals surface area contributed by atoms with Crippen molar-refractivity contribution in [3.63, 3.8) is 0 Å². The van der Waals surface area contributed by atoms with E-state index in [1.165, 1.54) is 18.3 Å². The van der Waals surface area contributed by atoms with Crippen LogP contribution >= 0.6 is 0 Å². The second-order valence-corrected chi connectivity index (χ2v) is 3.37. The minimum absolute atomic E-state index is 0.177. The molecule has 0 spiro atoms. The molecular formula is C10H9F3N2O3. The van der Waals surface area contributed by atoms with Crippen molar-refractivity contribution in [3.8, 4) is 0 Å². The molecule has 0 radical (unpaired) electrons. The van der Waals surface area contributed by atoms with Crippen molar-refractivity contribution >= 4 is 11.9 Å². The summed E-state index contributed by atoms with van der Waals surface area (Å²) < 4.78 is 36.7. The van der Waals surface area contributed by atoms with Gasteiger partial charge < -0.3 is 10.0 Å². The number of aromatic nitrogens is 1. The van der Waals surface area contributed by atoms with Gasteiger partial charge in [-0.3, -0.25) is 14.6 Å². The highest BCUT2D eigenvalue weighted by Crippen LogP contribution is 2.19. The van der Waals surface area contributed by atoms with E-state index < -0.39 is 31.1 Å². The Hall–Kier alpha value is -2.12. The maximum Gasteiger partial charge on any atom is 0.471 e. The van der Waals surface area contributed by atoms with Gasteiger partial charge in [0.1, 0.15) is 6.54 Å². The van der Waals surface area contributed by atoms with Crippen LogP contribution < -0.4 is 0 Å². The highest BCUT2D eigenvalue weighted by atomic mass is 19.4. The van der Waals surface area contributed by atoms with E-state index in [0.717, 1.165) is 0 Å². The highest BCUT2D eigenvalue weighted by Gasteiger charge is 2.43. The number of rotatable bonds is 4. The molecule has 1 heterocycles. The molecule has 1 N–H and O–H groups in total. The van der Waals surface area contributed by atoms with Gasteiger partial charge in [0, 0.05) is 6.20 Å². The summed E-state index contributed by atoms with van der Waals surface area (Å²) in [4.78, 5) is 25.4. The fraction of sp³-hybridized carbons (Fsp3) is 0.300. The second-order valence-electron chi connectivity index (χ2n) is 3.37. The molecule has 18 heavy (non-hydrogen) atoms. The summed E-state index contributed by atoms with van der Waals surface area (Å²) in [5.41, 5.74) is 0.177. The van der Waals surface area contributed by atoms with Crippen LogP contribution in [-0.2, 0) is 16.1 Å². The third-order valence-electron chi connectivity index (χ3n) is 1.93. The van der Waals surface area contributed by atoms with Crippen molar-refractivity contribution in [2.45, 2.75) is 12.7 Å². The largest absolute Gasteiger partial charge is 0.480 e. The Kier molecular flexibility index (Phi) is 4.24. The van der Waals surface area contributed by atoms with Crippen LogP contribution in [0.5, 0.6) is 0 Å². The van der Waals surface area contributed by atoms with E-state index in [1.807, 2.05) is 0 Å². The van der Waals surface area contributed by atoms with Crippen molar-refractivity contribution in [2.75, 3.05) is 6.54 Å². The van der Waals surface area contributed by atoms with Crippen LogP contribution in [0, 0.1) is 0 Å². The summed E-state index contributed by atoms with van der Waals surface area (Å²) in [5, 5.41) is 8.49. The van der Waals surface area contributed by atoms with Gasteiger partial charge in [0.2, 0.25) is 0 Å². The number of amides is 1. The number of aliphatic carboxylic acids is 1. The van der Waals surface area contributed by atoms with Gasteiger partial charge in [0.25, 0.3) is 0 Å². The molecule has 98 valence electrons. The fourth-order valence-corrected chi connectivity index (χ4v) is 1.23. The Morgan fingerprint density at radius 1 is 1.33 bits per heavy atom. The number of hydrogen-bond acceptors (Lipinski definition) is 3. The van der Waals surface area contributed by atoms with Crippen LogP contribution in [0.4, 0.5) is 13.2 Å². The van der Waals surface area contributed by atoms with E-state index >= 15 is 0 Å². The first-order valence-electron chi connectivity index (χ1n) is 4.78. The molecular weight excluding hydrogens is 253 g/mol. The number of pyridine rings is 1. The number of alkyl halides is 3. The zero-order valence-electron chi connectivity index (χ0n) is 9.02. The Labute approximate surface area is 99.8 Å². The summed E-state index contributed by atoms with van der Waals surface area (Å²) >= 11 is 0. The van der Waals surface area contributed by atoms with Crippen LogP contribution in [0.1, 0.15) is 5.69 Å². The molecule has 1 aromatic heterocycles. The summed E-state index contributed by atoms with van der Waals surface area (Å²) in [6, 6.07) is 4.48. The third-order valence-corrected chi connectivity index (χ3v) is 1.93. The van der Waals surface area contributed by atoms with Crippen LogP contribution in [0.15, 0.2) is 24.4 Å². The molecule has 1 aromatic rings. The van der Waals surface area contributed by atoms with Gasteiger partial charge in [-0.15, -0.1) is 0 Å². The van der Waals surface area contributed by atoms with Crippen molar-refractivity contribution in [2.24, 2.45) is 0 Å². The topological polar surface area (TPSA) is 70.5 Å². The smallest absolute Gasteiger partial charge is 0.471 e. The van der Waals surface area contributed by atoms with Gasteiger partial charge >= 0.3 is 18.1 Å². The molecule has 0 atom stereocenters. The van der Waals surface area contributed by atoms with E-state index in [9.17, 15) is 22.8 Å². The molecule has 1 rings (SSSR count). The van der Waals surface area contributed by atoms with E-state index in [0.29, 0.717) is 0 Å². The van der Waals surface area contributed by atoms with Gasteiger partial charge in [-0.2, -0.15) is 13.2 Å². The number of hydrogen-bond donors (Lipinski definition) is 1. The van der Waals surface area contributed by atoms with Crippen LogP contribution in [0.2, 0.25) is 0 Å². The van der Waals surface area contributed by atoms with Gasteiger partial charge in [-0.1, -0.05) is 6.07 Å². The van der Waals surface area contributed by atoms with Crippen molar-refractivity contribution < 1.29 is 27.9 Å². The molecule has 0 aliphatic carbocycles. The fourth-order valence-electron chi connectivity index (χ4n) is 1.23. The number of carbonyl (C=O) groups is 2. The maximum absolute atomic E-state index is 12.2. The molecule has 1 amide bonds. The molecule has 0 aliphatic heterocycles. The SMILES string of the molecule is O=C(O)CN(Cc1ccccn1)C(=O)C(F)(F)F. The van der Waals surface area contributed by atoms with Gasteiger partial charge in [0.05, 0.1) is 12.2 Å². The normalized spacial score (nSPS) is 11.1. The first-order chi connectivity index (χ1) is 8.30. The molecule has 8 heteroatoms. The molecule has 0 fully saturated rings. The molecule has 0 aromatic carbocycles. The van der Waals surface area contributed by atoms with Crippen LogP contribution in [0.25, 0.3) is 0 Å². The Balaban J connectivity index is 2.86. The molecule has 0 unspecified atom stereocenters. The zero-order valence-corrected chi connectivity index (χ0v) is 9.02. The Bertz CT molecular complexity index is 434. The Morgan fingerprint density at radius 3 is 2.44 bits per heavy atom. The Morgan fingerprint density at radius 2 is 2.00 bits per heavy atom. The molecule has 5 nitrogen and oxygen atoms in total. The first kappa shape index (κ1) is 13.9. The van der Waals surface area contributed by atoms with Gasteiger partial charge in [-0.05, 0) is 12.1 Å². The lowest BCUT2D eigenvalue weighted by Gasteiger charge is -2.21. The second kappa shape index (κ2) is 5.48. The summed E-state index contributed by atoms with van der Waals surface area (Å²) in [5.74, 6) is -3.72. The van der Waals surface area contributed by atoms with Gasteiger partial charge in [0.15, 0.2) is 0 Å². The standard InChI is InChI=1S/C10H9F3N2O3/c11-10(12,13)9(18)15(6-8(16)17)5-7-3-1-2-4-14-7/h1-4H,5-6H2,(H,16,17). The number of carbonyl (C=O) groups excluding carboxylic acids is 1. The third kappa shape index (κ3) is 4.04. The number of carboxylic acids is 1. The minimum atomic E-state index is -5.11. The average Bonchev–Trinajstić information content (AvgIpc) is 2.26. The minimum Gasteiger partial charge on any atom is -0.480 e. The average molecular weight is 262 g/mol. The van der Waals surface area contributed by atoms with Crippen molar-refractivity contribution in [1.29, 1.82) is 0 Å². The highest BCUT2D eigenvalue weighted by molar-refractivity contribution is 5.85. The monoisotopic (exact) mass is 262 g/mol. The lowest BCUT2D eigenvalue weighted by atomic mass is 10.3. The summed E-state index contributed by atoms with van der Waals surface area (Å²) in [7, 11) is 0. The number of nitrogens with zero attached hydrogens (tertiary/aromatic N) is 2. The molecule has 0 bridgehead atoms. The lowest BCUT2D eigenvalue weighted by molar-refractivity contribution is -0.187. The number of carboxylic acid groups (broad SMARTS) is 1. The van der Waals surface area contributed by atoms with Crippen molar-refractivity contribution in [1.82, 2.24) is 9.88 Å². The predicted molar refractivity (Wildman–Crippen MR) is 53.3 cm³/mol. The van der Waals surface area contributed by atoms with Crippen LogP contribution in [-0.4, -0.2) is 39.6 Å². The summed E-state index contributed by atoms with van der Waals surface area (Å²) in [6.07, 6.45) is -3.77. The van der Waals surface area contributed by atoms with E-state index in [4.69, 9.17) is 5.11 Å². The molecule has 0 aliphatic rings. The quantitative estimate of drug-likeness (QED) is 0.880. The zero-order chi connectivity index (χ0) is 13.8. The summed E-state index contributed by atoms with van der Waals surface area (Å²) in [6.45, 7) is -1.54. The molecule has 0 saturated carbocycles. The van der Waals surface area contributed by atoms with Crippen LogP contribution in [0.3, 0.4) is 0 Å². The maximum atomic E-state index is 12.2. The predicted octanol–water partition coefficient (Wildman–Crippen LogP) is 1.06. The first-order valence-corrected chi connectivity index (χ1v) is 4.78. The lowest BCUT2D eigenvalue weighted by Crippen LogP contribution is -2.43. The molecule has 0 saturated heterocycles. The number of halogens is 3. The van der Waals surface area contributed by atoms with E-state index in [1.54, 1.807) is 6.07 Å². The van der Waals surface area contributed by atoms with Crippen molar-refractivity contribution in [3.05, 3.63) is 30.1 Å². The van der Waals surface area contributed by atoms with E-state index in [-0.39, 0.29) is 10.6 Å². The van der Waals surface area contributed by atoms with E-state index in [2.05, 4.69) is 4.98 Å². The van der Waals surface area contributed by atoms with Gasteiger partial charge in [-0.25, -0.2) is 0 Å².